The van der Waals surface area contributed by atoms with Gasteiger partial charge < -0.3 is 0 Å². The SMILES string of the molecule is CN(Cc1ccncc1)Cc1csc(C2CC2)n1. The van der Waals surface area contributed by atoms with Crippen molar-refractivity contribution in [2.45, 2.75) is 31.8 Å². The van der Waals surface area contributed by atoms with Gasteiger partial charge in [-0.15, -0.1) is 11.3 Å². The highest BCUT2D eigenvalue weighted by Crippen LogP contribution is 2.41. The van der Waals surface area contributed by atoms with Crippen molar-refractivity contribution in [1.29, 1.82) is 0 Å². The molecule has 0 saturated heterocycles. The Bertz CT molecular complexity index is 505. The Labute approximate surface area is 112 Å². The Hall–Kier alpha value is -1.26. The molecule has 0 unspecified atom stereocenters. The lowest BCUT2D eigenvalue weighted by Gasteiger charge is -2.14. The fourth-order valence-electron chi connectivity index (χ4n) is 2.05. The quantitative estimate of drug-likeness (QED) is 0.826. The maximum Gasteiger partial charge on any atom is 0.0959 e. The van der Waals surface area contributed by atoms with Crippen LogP contribution >= 0.6 is 11.3 Å². The van der Waals surface area contributed by atoms with Crippen LogP contribution in [0.4, 0.5) is 0 Å². The standard InChI is InChI=1S/C14H17N3S/c1-17(8-11-4-6-15-7-5-11)9-13-10-18-14(16-13)12-2-3-12/h4-7,10,12H,2-3,8-9H2,1H3. The zero-order valence-corrected chi connectivity index (χ0v) is 11.4. The molecule has 94 valence electrons. The van der Waals surface area contributed by atoms with E-state index in [2.05, 4.69) is 34.4 Å². The highest BCUT2D eigenvalue weighted by molar-refractivity contribution is 7.09. The first-order valence-electron chi connectivity index (χ1n) is 6.33. The topological polar surface area (TPSA) is 29.0 Å². The highest BCUT2D eigenvalue weighted by atomic mass is 32.1. The lowest BCUT2D eigenvalue weighted by atomic mass is 10.2. The van der Waals surface area contributed by atoms with Crippen LogP contribution in [-0.4, -0.2) is 21.9 Å². The Morgan fingerprint density at radius 2 is 2.06 bits per heavy atom. The largest absolute Gasteiger partial charge is 0.296 e. The molecule has 2 heterocycles. The fourth-order valence-corrected chi connectivity index (χ4v) is 3.03. The van der Waals surface area contributed by atoms with Gasteiger partial charge in [0.2, 0.25) is 0 Å². The first-order valence-corrected chi connectivity index (χ1v) is 7.21. The van der Waals surface area contributed by atoms with E-state index in [4.69, 9.17) is 4.98 Å². The second kappa shape index (κ2) is 5.16. The van der Waals surface area contributed by atoms with E-state index in [0.717, 1.165) is 19.0 Å². The number of aromatic nitrogens is 2. The minimum Gasteiger partial charge on any atom is -0.296 e. The average Bonchev–Trinajstić information content (AvgIpc) is 3.12. The van der Waals surface area contributed by atoms with Crippen LogP contribution in [0.3, 0.4) is 0 Å². The van der Waals surface area contributed by atoms with E-state index in [9.17, 15) is 0 Å². The fraction of sp³-hybridized carbons (Fsp3) is 0.429. The molecule has 2 aromatic heterocycles. The lowest BCUT2D eigenvalue weighted by molar-refractivity contribution is 0.315. The van der Waals surface area contributed by atoms with Crippen LogP contribution in [0.1, 0.15) is 35.0 Å². The predicted molar refractivity (Wildman–Crippen MR) is 73.5 cm³/mol. The van der Waals surface area contributed by atoms with Crippen molar-refractivity contribution in [3.63, 3.8) is 0 Å². The third kappa shape index (κ3) is 2.94. The van der Waals surface area contributed by atoms with E-state index in [-0.39, 0.29) is 0 Å². The van der Waals surface area contributed by atoms with Gasteiger partial charge in [0.25, 0.3) is 0 Å². The maximum atomic E-state index is 4.72. The van der Waals surface area contributed by atoms with Crippen molar-refractivity contribution in [2.75, 3.05) is 7.05 Å². The zero-order valence-electron chi connectivity index (χ0n) is 10.5. The number of hydrogen-bond acceptors (Lipinski definition) is 4. The van der Waals surface area contributed by atoms with Crippen LogP contribution in [0.5, 0.6) is 0 Å². The van der Waals surface area contributed by atoms with Crippen LogP contribution in [0.15, 0.2) is 29.9 Å². The maximum absolute atomic E-state index is 4.72. The molecule has 3 rings (SSSR count). The van der Waals surface area contributed by atoms with E-state index in [1.165, 1.54) is 29.1 Å². The van der Waals surface area contributed by atoms with Gasteiger partial charge in [-0.3, -0.25) is 9.88 Å². The number of rotatable bonds is 5. The summed E-state index contributed by atoms with van der Waals surface area (Å²) in [4.78, 5) is 11.0. The molecule has 0 bridgehead atoms. The Kier molecular flexibility index (Phi) is 3.39. The molecule has 4 heteroatoms. The van der Waals surface area contributed by atoms with Crippen LogP contribution < -0.4 is 0 Å². The molecule has 1 aliphatic carbocycles. The number of nitrogens with zero attached hydrogens (tertiary/aromatic N) is 3. The summed E-state index contributed by atoms with van der Waals surface area (Å²) in [6.45, 7) is 1.87. The molecule has 0 spiro atoms. The molecular formula is C14H17N3S. The van der Waals surface area contributed by atoms with Gasteiger partial charge in [-0.05, 0) is 37.6 Å². The van der Waals surface area contributed by atoms with E-state index >= 15 is 0 Å². The lowest BCUT2D eigenvalue weighted by Crippen LogP contribution is -2.17. The minimum absolute atomic E-state index is 0.772. The zero-order chi connectivity index (χ0) is 12.4. The van der Waals surface area contributed by atoms with Crippen molar-refractivity contribution in [3.05, 3.63) is 46.2 Å². The van der Waals surface area contributed by atoms with Gasteiger partial charge in [-0.25, -0.2) is 4.98 Å². The molecule has 1 aliphatic rings. The van der Waals surface area contributed by atoms with E-state index < -0.39 is 0 Å². The molecule has 0 aromatic carbocycles. The van der Waals surface area contributed by atoms with E-state index in [0.29, 0.717) is 0 Å². The van der Waals surface area contributed by atoms with Gasteiger partial charge in [0.1, 0.15) is 0 Å². The van der Waals surface area contributed by atoms with Crippen LogP contribution in [0, 0.1) is 0 Å². The van der Waals surface area contributed by atoms with Crippen molar-refractivity contribution in [2.24, 2.45) is 0 Å². The van der Waals surface area contributed by atoms with Crippen molar-refractivity contribution >= 4 is 11.3 Å². The summed E-state index contributed by atoms with van der Waals surface area (Å²) in [5, 5.41) is 3.54. The Morgan fingerprint density at radius 1 is 1.28 bits per heavy atom. The van der Waals surface area contributed by atoms with E-state index in [1.54, 1.807) is 0 Å². The molecule has 18 heavy (non-hydrogen) atoms. The number of hydrogen-bond donors (Lipinski definition) is 0. The smallest absolute Gasteiger partial charge is 0.0959 e. The predicted octanol–water partition coefficient (Wildman–Crippen LogP) is 3.05. The van der Waals surface area contributed by atoms with Crippen LogP contribution in [-0.2, 0) is 13.1 Å². The normalized spacial score (nSPS) is 15.2. The minimum atomic E-state index is 0.772. The van der Waals surface area contributed by atoms with Gasteiger partial charge in [0, 0.05) is 36.8 Å². The third-order valence-corrected chi connectivity index (χ3v) is 4.19. The highest BCUT2D eigenvalue weighted by Gasteiger charge is 2.26. The summed E-state index contributed by atoms with van der Waals surface area (Å²) < 4.78 is 0. The monoisotopic (exact) mass is 259 g/mol. The van der Waals surface area contributed by atoms with Gasteiger partial charge in [-0.1, -0.05) is 0 Å². The summed E-state index contributed by atoms with van der Waals surface area (Å²) in [5.74, 6) is 0.772. The molecule has 0 amide bonds. The molecule has 0 aliphatic heterocycles. The Morgan fingerprint density at radius 3 is 2.78 bits per heavy atom. The average molecular weight is 259 g/mol. The molecule has 1 fully saturated rings. The van der Waals surface area contributed by atoms with Crippen molar-refractivity contribution in [1.82, 2.24) is 14.9 Å². The van der Waals surface area contributed by atoms with Crippen molar-refractivity contribution < 1.29 is 0 Å². The number of thiazole rings is 1. The van der Waals surface area contributed by atoms with E-state index in [1.807, 2.05) is 23.7 Å². The van der Waals surface area contributed by atoms with Crippen molar-refractivity contribution in [3.8, 4) is 0 Å². The summed E-state index contributed by atoms with van der Waals surface area (Å²) in [7, 11) is 2.14. The molecule has 1 saturated carbocycles. The molecular weight excluding hydrogens is 242 g/mol. The second-order valence-electron chi connectivity index (χ2n) is 4.98. The summed E-state index contributed by atoms with van der Waals surface area (Å²) in [5.41, 5.74) is 2.50. The third-order valence-electron chi connectivity index (χ3n) is 3.13. The number of pyridine rings is 1. The molecule has 2 aromatic rings. The summed E-state index contributed by atoms with van der Waals surface area (Å²) >= 11 is 1.82. The molecule has 3 nitrogen and oxygen atoms in total. The first kappa shape index (κ1) is 11.8. The summed E-state index contributed by atoms with van der Waals surface area (Å²) in [6.07, 6.45) is 6.36. The van der Waals surface area contributed by atoms with Gasteiger partial charge >= 0.3 is 0 Å². The van der Waals surface area contributed by atoms with Gasteiger partial charge in [0.15, 0.2) is 0 Å². The van der Waals surface area contributed by atoms with Gasteiger partial charge in [0.05, 0.1) is 10.7 Å². The molecule has 0 N–H and O–H groups in total. The Balaban J connectivity index is 1.58. The molecule has 0 radical (unpaired) electrons. The first-order chi connectivity index (χ1) is 8.81. The van der Waals surface area contributed by atoms with Crippen LogP contribution in [0.2, 0.25) is 0 Å². The molecule has 0 atom stereocenters. The second-order valence-corrected chi connectivity index (χ2v) is 5.87. The summed E-state index contributed by atoms with van der Waals surface area (Å²) in [6, 6.07) is 4.13. The van der Waals surface area contributed by atoms with Crippen LogP contribution in [0.25, 0.3) is 0 Å². The van der Waals surface area contributed by atoms with Gasteiger partial charge in [-0.2, -0.15) is 0 Å².